The number of aromatic carboxylic acids is 1. The highest BCUT2D eigenvalue weighted by atomic mass is 16.5. The van der Waals surface area contributed by atoms with E-state index < -0.39 is 11.4 Å². The summed E-state index contributed by atoms with van der Waals surface area (Å²) in [6.45, 7) is 6.05. The van der Waals surface area contributed by atoms with Gasteiger partial charge in [-0.25, -0.2) is 4.79 Å². The summed E-state index contributed by atoms with van der Waals surface area (Å²) >= 11 is 0. The highest BCUT2D eigenvalue weighted by molar-refractivity contribution is 5.88. The SMILES string of the molecule is COc1cc2c(cc1N1CCC(OC)CC1)CC(C(C)C)n1cc(C(=O)O)c(=O)cc1-2. The molecule has 1 aromatic carbocycles. The Kier molecular flexibility index (Phi) is 5.79. The van der Waals surface area contributed by atoms with Gasteiger partial charge in [0.15, 0.2) is 5.43 Å². The number of piperidine rings is 1. The van der Waals surface area contributed by atoms with Gasteiger partial charge in [-0.15, -0.1) is 0 Å². The van der Waals surface area contributed by atoms with Crippen LogP contribution in [0, 0.1) is 5.92 Å². The van der Waals surface area contributed by atoms with E-state index in [1.807, 2.05) is 10.6 Å². The smallest absolute Gasteiger partial charge is 0.341 e. The molecule has 1 saturated heterocycles. The number of hydrogen-bond acceptors (Lipinski definition) is 5. The molecule has 2 aliphatic rings. The fourth-order valence-corrected chi connectivity index (χ4v) is 4.84. The van der Waals surface area contributed by atoms with Gasteiger partial charge >= 0.3 is 5.97 Å². The number of rotatable bonds is 5. The van der Waals surface area contributed by atoms with Crippen LogP contribution >= 0.6 is 0 Å². The van der Waals surface area contributed by atoms with Gasteiger partial charge in [0.25, 0.3) is 0 Å². The largest absolute Gasteiger partial charge is 0.495 e. The molecule has 0 amide bonds. The molecule has 166 valence electrons. The topological polar surface area (TPSA) is 81.0 Å². The summed E-state index contributed by atoms with van der Waals surface area (Å²) in [5, 5.41) is 9.44. The van der Waals surface area contributed by atoms with Crippen LogP contribution in [0.2, 0.25) is 0 Å². The van der Waals surface area contributed by atoms with Gasteiger partial charge in [0.2, 0.25) is 0 Å². The van der Waals surface area contributed by atoms with Gasteiger partial charge in [0.05, 0.1) is 24.6 Å². The first kappa shape index (κ1) is 21.4. The molecule has 4 rings (SSSR count). The number of ether oxygens (including phenoxy) is 2. The molecule has 31 heavy (non-hydrogen) atoms. The van der Waals surface area contributed by atoms with Crippen molar-refractivity contribution in [1.82, 2.24) is 4.57 Å². The van der Waals surface area contributed by atoms with Crippen LogP contribution in [0.3, 0.4) is 0 Å². The molecular weight excluding hydrogens is 396 g/mol. The maximum Gasteiger partial charge on any atom is 0.341 e. The molecule has 0 bridgehead atoms. The molecule has 0 aliphatic carbocycles. The van der Waals surface area contributed by atoms with Crippen molar-refractivity contribution < 1.29 is 19.4 Å². The highest BCUT2D eigenvalue weighted by Crippen LogP contribution is 2.43. The Hall–Kier alpha value is -2.80. The van der Waals surface area contributed by atoms with Crippen LogP contribution in [0.1, 0.15) is 48.7 Å². The van der Waals surface area contributed by atoms with Crippen molar-refractivity contribution in [3.8, 4) is 17.0 Å². The average molecular weight is 427 g/mol. The number of pyridine rings is 1. The number of carbonyl (C=O) groups is 1. The Morgan fingerprint density at radius 3 is 2.45 bits per heavy atom. The minimum atomic E-state index is -1.19. The van der Waals surface area contributed by atoms with E-state index in [4.69, 9.17) is 9.47 Å². The Labute approximate surface area is 182 Å². The van der Waals surface area contributed by atoms with Gasteiger partial charge < -0.3 is 24.0 Å². The van der Waals surface area contributed by atoms with Gasteiger partial charge in [0.1, 0.15) is 11.3 Å². The Morgan fingerprint density at radius 1 is 1.16 bits per heavy atom. The first-order valence-electron chi connectivity index (χ1n) is 10.8. The number of methoxy groups -OCH3 is 2. The van der Waals surface area contributed by atoms with Crippen molar-refractivity contribution in [3.63, 3.8) is 0 Å². The Morgan fingerprint density at radius 2 is 1.87 bits per heavy atom. The van der Waals surface area contributed by atoms with Gasteiger partial charge in [-0.1, -0.05) is 13.8 Å². The van der Waals surface area contributed by atoms with E-state index in [9.17, 15) is 14.7 Å². The number of hydrogen-bond donors (Lipinski definition) is 1. The van der Waals surface area contributed by atoms with Crippen molar-refractivity contribution in [2.24, 2.45) is 5.92 Å². The predicted molar refractivity (Wildman–Crippen MR) is 119 cm³/mol. The van der Waals surface area contributed by atoms with Crippen LogP contribution in [0.5, 0.6) is 5.75 Å². The second-order valence-electron chi connectivity index (χ2n) is 8.77. The normalized spacial score (nSPS) is 18.6. The molecule has 7 nitrogen and oxygen atoms in total. The molecule has 1 N–H and O–H groups in total. The third-order valence-corrected chi connectivity index (χ3v) is 6.66. The molecule has 2 aromatic rings. The maximum atomic E-state index is 12.5. The highest BCUT2D eigenvalue weighted by Gasteiger charge is 2.30. The summed E-state index contributed by atoms with van der Waals surface area (Å²) < 4.78 is 13.2. The second-order valence-corrected chi connectivity index (χ2v) is 8.77. The third kappa shape index (κ3) is 3.82. The summed E-state index contributed by atoms with van der Waals surface area (Å²) in [7, 11) is 3.43. The van der Waals surface area contributed by atoms with E-state index in [0.717, 1.165) is 60.6 Å². The zero-order chi connectivity index (χ0) is 22.3. The van der Waals surface area contributed by atoms with Crippen LogP contribution in [0.4, 0.5) is 5.69 Å². The second kappa shape index (κ2) is 8.38. The number of carboxylic acids is 1. The first-order valence-corrected chi connectivity index (χ1v) is 10.8. The first-order chi connectivity index (χ1) is 14.8. The van der Waals surface area contributed by atoms with E-state index in [2.05, 4.69) is 24.8 Å². The molecule has 7 heteroatoms. The standard InChI is InChI=1S/C24H30N2O5/c1-14(2)19-9-15-10-21(25-7-5-16(30-3)6-8-25)23(31-4)11-17(15)20-12-22(27)18(24(28)29)13-26(19)20/h10-14,16,19H,5-9H2,1-4H3,(H,28,29). The number of carboxylic acid groups (broad SMARTS) is 1. The van der Waals surface area contributed by atoms with E-state index in [1.165, 1.54) is 12.3 Å². The minimum absolute atomic E-state index is 0.0710. The summed E-state index contributed by atoms with van der Waals surface area (Å²) in [6.07, 6.45) is 4.52. The molecule has 1 atom stereocenters. The Balaban J connectivity index is 1.83. The number of benzene rings is 1. The summed E-state index contributed by atoms with van der Waals surface area (Å²) in [5.74, 6) is -0.154. The number of aromatic nitrogens is 1. The molecule has 1 unspecified atom stereocenters. The molecule has 0 radical (unpaired) electrons. The van der Waals surface area contributed by atoms with Crippen molar-refractivity contribution in [2.75, 3.05) is 32.2 Å². The van der Waals surface area contributed by atoms with E-state index in [0.29, 0.717) is 6.10 Å². The van der Waals surface area contributed by atoms with Crippen LogP contribution in [0.15, 0.2) is 29.2 Å². The van der Waals surface area contributed by atoms with Crippen LogP contribution < -0.4 is 15.1 Å². The van der Waals surface area contributed by atoms with E-state index in [-0.39, 0.29) is 17.5 Å². The quantitative estimate of drug-likeness (QED) is 0.787. The van der Waals surface area contributed by atoms with Crippen LogP contribution in [-0.2, 0) is 11.2 Å². The summed E-state index contributed by atoms with van der Waals surface area (Å²) in [5.41, 5.74) is 3.24. The monoisotopic (exact) mass is 426 g/mol. The summed E-state index contributed by atoms with van der Waals surface area (Å²) in [4.78, 5) is 26.4. The van der Waals surface area contributed by atoms with Crippen molar-refractivity contribution in [2.45, 2.75) is 45.3 Å². The predicted octanol–water partition coefficient (Wildman–Crippen LogP) is 3.59. The van der Waals surface area contributed by atoms with Crippen LogP contribution in [-0.4, -0.2) is 49.1 Å². The zero-order valence-electron chi connectivity index (χ0n) is 18.6. The molecule has 0 spiro atoms. The van der Waals surface area contributed by atoms with Crippen molar-refractivity contribution in [1.29, 1.82) is 0 Å². The maximum absolute atomic E-state index is 12.5. The molecule has 1 aromatic heterocycles. The van der Waals surface area contributed by atoms with Gasteiger partial charge in [0, 0.05) is 44.1 Å². The Bertz CT molecular complexity index is 1050. The van der Waals surface area contributed by atoms with E-state index in [1.54, 1.807) is 14.2 Å². The molecular formula is C24H30N2O5. The zero-order valence-corrected chi connectivity index (χ0v) is 18.6. The molecule has 3 heterocycles. The number of nitrogens with zero attached hydrogens (tertiary/aromatic N) is 2. The lowest BCUT2D eigenvalue weighted by Crippen LogP contribution is -2.37. The lowest BCUT2D eigenvalue weighted by Gasteiger charge is -2.37. The average Bonchev–Trinajstić information content (AvgIpc) is 2.77. The fraction of sp³-hybridized carbons (Fsp3) is 0.500. The van der Waals surface area contributed by atoms with Crippen LogP contribution in [0.25, 0.3) is 11.3 Å². The van der Waals surface area contributed by atoms with E-state index >= 15 is 0 Å². The molecule has 1 fully saturated rings. The van der Waals surface area contributed by atoms with Crippen molar-refractivity contribution in [3.05, 3.63) is 45.7 Å². The summed E-state index contributed by atoms with van der Waals surface area (Å²) in [6, 6.07) is 5.71. The van der Waals surface area contributed by atoms with Crippen molar-refractivity contribution >= 4 is 11.7 Å². The number of fused-ring (bicyclic) bond motifs is 3. The van der Waals surface area contributed by atoms with Gasteiger partial charge in [-0.2, -0.15) is 0 Å². The fourth-order valence-electron chi connectivity index (χ4n) is 4.84. The van der Waals surface area contributed by atoms with Gasteiger partial charge in [-0.05, 0) is 42.9 Å². The lowest BCUT2D eigenvalue weighted by molar-refractivity contribution is 0.0694. The number of anilines is 1. The van der Waals surface area contributed by atoms with Gasteiger partial charge in [-0.3, -0.25) is 4.79 Å². The third-order valence-electron chi connectivity index (χ3n) is 6.66. The molecule has 2 aliphatic heterocycles. The minimum Gasteiger partial charge on any atom is -0.495 e. The molecule has 0 saturated carbocycles. The lowest BCUT2D eigenvalue weighted by atomic mass is 9.86.